The van der Waals surface area contributed by atoms with Crippen molar-refractivity contribution in [3.63, 3.8) is 0 Å². The fourth-order valence-electron chi connectivity index (χ4n) is 4.31. The first-order valence-corrected chi connectivity index (χ1v) is 13.4. The number of hydrogen-bond donors (Lipinski definition) is 4. The van der Waals surface area contributed by atoms with Crippen LogP contribution in [0.3, 0.4) is 0 Å². The Morgan fingerprint density at radius 3 is 1.59 bits per heavy atom. The average molecular weight is 460 g/mol. The second-order valence-electron chi connectivity index (χ2n) is 9.40. The third-order valence-electron chi connectivity index (χ3n) is 6.50. The van der Waals surface area contributed by atoms with Gasteiger partial charge in [0, 0.05) is 19.6 Å². The second-order valence-corrected chi connectivity index (χ2v) is 9.40. The van der Waals surface area contributed by atoms with Crippen molar-refractivity contribution in [1.29, 1.82) is 0 Å². The van der Waals surface area contributed by atoms with Crippen molar-refractivity contribution in [1.82, 2.24) is 0 Å². The lowest BCUT2D eigenvalue weighted by atomic mass is 9.94. The predicted molar refractivity (Wildman–Crippen MR) is 128 cm³/mol. The highest BCUT2D eigenvalue weighted by Gasteiger charge is 2.43. The third kappa shape index (κ3) is 13.5. The maximum atomic E-state index is 9.96. The van der Waals surface area contributed by atoms with Crippen LogP contribution in [-0.4, -0.2) is 64.7 Å². The van der Waals surface area contributed by atoms with Crippen LogP contribution >= 0.6 is 0 Å². The van der Waals surface area contributed by atoms with E-state index in [1.54, 1.807) is 0 Å². The molecule has 0 aliphatic carbocycles. The number of aliphatic hydroxyl groups is 4. The first-order valence-electron chi connectivity index (χ1n) is 13.4. The molecule has 4 atom stereocenters. The minimum atomic E-state index is -1.34. The van der Waals surface area contributed by atoms with Gasteiger partial charge in [-0.2, -0.15) is 0 Å². The molecule has 0 saturated carbocycles. The van der Waals surface area contributed by atoms with Crippen LogP contribution in [0.4, 0.5) is 0 Å². The van der Waals surface area contributed by atoms with E-state index in [1.807, 2.05) is 0 Å². The molecule has 6 heteroatoms. The van der Waals surface area contributed by atoms with E-state index in [0.29, 0.717) is 19.6 Å². The summed E-state index contributed by atoms with van der Waals surface area (Å²) in [5, 5.41) is 38.7. The third-order valence-corrected chi connectivity index (χ3v) is 6.50. The van der Waals surface area contributed by atoms with Crippen LogP contribution < -0.4 is 0 Å². The molecule has 1 saturated heterocycles. The summed E-state index contributed by atoms with van der Waals surface area (Å²) in [5.74, 6) is 0. The van der Waals surface area contributed by atoms with Gasteiger partial charge >= 0.3 is 0 Å². The molecule has 1 rings (SSSR count). The number of aliphatic hydroxyl groups excluding tert-OH is 4. The van der Waals surface area contributed by atoms with Gasteiger partial charge in [-0.25, -0.2) is 0 Å². The van der Waals surface area contributed by atoms with Gasteiger partial charge in [0.05, 0.1) is 6.61 Å². The molecule has 191 valence electrons. The summed E-state index contributed by atoms with van der Waals surface area (Å²) in [7, 11) is 0. The molecule has 0 bridgehead atoms. The number of unbranched alkanes of at least 4 members (excludes halogenated alkanes) is 15. The minimum Gasteiger partial charge on any atom is -0.394 e. The van der Waals surface area contributed by atoms with Crippen LogP contribution in [0.1, 0.15) is 116 Å². The molecular weight excluding hydrogens is 408 g/mol. The summed E-state index contributed by atoms with van der Waals surface area (Å²) >= 11 is 0. The van der Waals surface area contributed by atoms with E-state index < -0.39 is 31.0 Å². The Bertz CT molecular complexity index is 406. The zero-order valence-corrected chi connectivity index (χ0v) is 20.6. The van der Waals surface area contributed by atoms with Crippen molar-refractivity contribution < 1.29 is 29.9 Å². The van der Waals surface area contributed by atoms with Gasteiger partial charge in [-0.05, 0) is 6.42 Å². The SMILES string of the molecule is CCCCCCCCCCCCCCCCCCOCC[C]1O[C@H](CO)[C@H](O)[C@H](O)[C@H]1O. The van der Waals surface area contributed by atoms with Crippen LogP contribution in [0.25, 0.3) is 0 Å². The van der Waals surface area contributed by atoms with Crippen LogP contribution in [0.2, 0.25) is 0 Å². The molecule has 0 aromatic rings. The van der Waals surface area contributed by atoms with Gasteiger partial charge in [0.1, 0.15) is 30.5 Å². The van der Waals surface area contributed by atoms with E-state index in [1.165, 1.54) is 96.3 Å². The number of hydrogen-bond acceptors (Lipinski definition) is 6. The quantitative estimate of drug-likeness (QED) is 0.186. The number of rotatable bonds is 21. The van der Waals surface area contributed by atoms with E-state index in [-0.39, 0.29) is 6.10 Å². The zero-order valence-electron chi connectivity index (χ0n) is 20.6. The molecule has 0 aromatic carbocycles. The highest BCUT2D eigenvalue weighted by Crippen LogP contribution is 2.28. The monoisotopic (exact) mass is 459 g/mol. The lowest BCUT2D eigenvalue weighted by Crippen LogP contribution is -2.55. The fourth-order valence-corrected chi connectivity index (χ4v) is 4.31. The summed E-state index contributed by atoms with van der Waals surface area (Å²) in [5.41, 5.74) is 0. The topological polar surface area (TPSA) is 99.4 Å². The summed E-state index contributed by atoms with van der Waals surface area (Å²) in [6, 6.07) is 0. The molecule has 1 heterocycles. The van der Waals surface area contributed by atoms with E-state index in [2.05, 4.69) is 6.92 Å². The molecule has 1 radical (unpaired) electrons. The second kappa shape index (κ2) is 20.2. The Hall–Kier alpha value is -0.240. The van der Waals surface area contributed by atoms with Crippen LogP contribution in [0, 0.1) is 6.10 Å². The van der Waals surface area contributed by atoms with Crippen LogP contribution in [0.5, 0.6) is 0 Å². The standard InChI is InChI=1S/C26H51O6/c1-2-3-4-5-6-7-8-9-10-11-12-13-14-15-16-17-19-31-20-18-22-24(28)26(30)25(29)23(21-27)32-22/h23-30H,2-21H2,1H3/t23-,24+,25+,26-/m1/s1. The molecule has 0 spiro atoms. The summed E-state index contributed by atoms with van der Waals surface area (Å²) in [6.07, 6.45) is 17.4. The van der Waals surface area contributed by atoms with Crippen molar-refractivity contribution in [3.05, 3.63) is 6.10 Å². The number of ether oxygens (including phenoxy) is 2. The van der Waals surface area contributed by atoms with Crippen molar-refractivity contribution in [2.24, 2.45) is 0 Å². The molecule has 0 aromatic heterocycles. The van der Waals surface area contributed by atoms with E-state index in [9.17, 15) is 20.4 Å². The lowest BCUT2D eigenvalue weighted by Gasteiger charge is -2.39. The molecule has 1 aliphatic heterocycles. The molecule has 4 N–H and O–H groups in total. The Balaban J connectivity index is 1.82. The summed E-state index contributed by atoms with van der Waals surface area (Å²) < 4.78 is 11.0. The van der Waals surface area contributed by atoms with E-state index in [4.69, 9.17) is 9.47 Å². The largest absolute Gasteiger partial charge is 0.394 e. The van der Waals surface area contributed by atoms with Crippen molar-refractivity contribution in [2.75, 3.05) is 19.8 Å². The maximum absolute atomic E-state index is 9.96. The minimum absolute atomic E-state index is 0.272. The maximum Gasteiger partial charge on any atom is 0.131 e. The lowest BCUT2D eigenvalue weighted by molar-refractivity contribution is -0.193. The average Bonchev–Trinajstić information content (AvgIpc) is 2.80. The molecule has 32 heavy (non-hydrogen) atoms. The van der Waals surface area contributed by atoms with Gasteiger partial charge in [0.15, 0.2) is 0 Å². The first kappa shape index (κ1) is 29.8. The molecule has 0 amide bonds. The molecule has 0 unspecified atom stereocenters. The Morgan fingerprint density at radius 1 is 0.656 bits per heavy atom. The van der Waals surface area contributed by atoms with Gasteiger partial charge in [-0.1, -0.05) is 103 Å². The van der Waals surface area contributed by atoms with Gasteiger partial charge < -0.3 is 29.9 Å². The van der Waals surface area contributed by atoms with Gasteiger partial charge in [0.25, 0.3) is 0 Å². The molecule has 6 nitrogen and oxygen atoms in total. The first-order chi connectivity index (χ1) is 15.6. The molecular formula is C26H51O6. The highest BCUT2D eigenvalue weighted by molar-refractivity contribution is 5.01. The predicted octanol–water partition coefficient (Wildman–Crippen LogP) is 4.66. The van der Waals surface area contributed by atoms with Gasteiger partial charge in [-0.15, -0.1) is 0 Å². The summed E-state index contributed by atoms with van der Waals surface area (Å²) in [4.78, 5) is 0. The Kier molecular flexibility index (Phi) is 18.8. The van der Waals surface area contributed by atoms with Crippen molar-refractivity contribution in [2.45, 2.75) is 140 Å². The highest BCUT2D eigenvalue weighted by atomic mass is 16.5. The molecule has 1 fully saturated rings. The Morgan fingerprint density at radius 2 is 1.12 bits per heavy atom. The Labute approximate surface area is 196 Å². The summed E-state index contributed by atoms with van der Waals surface area (Å²) in [6.45, 7) is 2.94. The molecule has 1 aliphatic rings. The van der Waals surface area contributed by atoms with Gasteiger partial charge in [-0.3, -0.25) is 0 Å². The van der Waals surface area contributed by atoms with Gasteiger partial charge in [0.2, 0.25) is 0 Å². The van der Waals surface area contributed by atoms with Crippen LogP contribution in [0.15, 0.2) is 0 Å². The van der Waals surface area contributed by atoms with Crippen molar-refractivity contribution >= 4 is 0 Å². The normalized spacial score (nSPS) is 24.3. The van der Waals surface area contributed by atoms with E-state index >= 15 is 0 Å². The zero-order chi connectivity index (χ0) is 23.4. The van der Waals surface area contributed by atoms with Crippen molar-refractivity contribution in [3.8, 4) is 0 Å². The smallest absolute Gasteiger partial charge is 0.131 e. The van der Waals surface area contributed by atoms with E-state index in [0.717, 1.165) is 6.42 Å². The fraction of sp³-hybridized carbons (Fsp3) is 0.962. The van der Waals surface area contributed by atoms with Crippen LogP contribution in [-0.2, 0) is 9.47 Å².